The number of hydrogen-bond donors (Lipinski definition) is 0. The van der Waals surface area contributed by atoms with Crippen molar-refractivity contribution in [2.45, 2.75) is 18.8 Å². The lowest BCUT2D eigenvalue weighted by Crippen LogP contribution is -2.38. The van der Waals surface area contributed by atoms with Gasteiger partial charge in [-0.1, -0.05) is 0 Å². The standard InChI is InChI=1S/C10H16N4O2/c1-13-9(11-7-12-13)8-3-5-14(6-4-8)10(15)16-2/h7-8H,3-6H2,1-2H3. The molecule has 2 heterocycles. The van der Waals surface area contributed by atoms with Gasteiger partial charge in [0.25, 0.3) is 0 Å². The highest BCUT2D eigenvalue weighted by Gasteiger charge is 2.26. The zero-order valence-electron chi connectivity index (χ0n) is 9.59. The summed E-state index contributed by atoms with van der Waals surface area (Å²) in [5.41, 5.74) is 0. The highest BCUT2D eigenvalue weighted by Crippen LogP contribution is 2.25. The van der Waals surface area contributed by atoms with E-state index in [0.717, 1.165) is 31.8 Å². The Kier molecular flexibility index (Phi) is 3.07. The molecule has 0 spiro atoms. The number of nitrogens with zero attached hydrogens (tertiary/aromatic N) is 4. The number of methoxy groups -OCH3 is 1. The van der Waals surface area contributed by atoms with E-state index in [-0.39, 0.29) is 6.09 Å². The Morgan fingerprint density at radius 2 is 2.19 bits per heavy atom. The minimum atomic E-state index is -0.239. The molecule has 88 valence electrons. The average Bonchev–Trinajstić information content (AvgIpc) is 2.75. The van der Waals surface area contributed by atoms with Crippen LogP contribution >= 0.6 is 0 Å². The second kappa shape index (κ2) is 4.51. The van der Waals surface area contributed by atoms with Crippen LogP contribution in [-0.4, -0.2) is 46.0 Å². The van der Waals surface area contributed by atoms with E-state index in [1.165, 1.54) is 7.11 Å². The van der Waals surface area contributed by atoms with Gasteiger partial charge in [0.05, 0.1) is 7.11 Å². The van der Waals surface area contributed by atoms with Crippen LogP contribution in [0.25, 0.3) is 0 Å². The molecule has 1 aliphatic rings. The predicted octanol–water partition coefficient (Wildman–Crippen LogP) is 0.761. The number of aryl methyl sites for hydroxylation is 1. The molecule has 0 aromatic carbocycles. The van der Waals surface area contributed by atoms with Crippen molar-refractivity contribution < 1.29 is 9.53 Å². The molecule has 16 heavy (non-hydrogen) atoms. The average molecular weight is 224 g/mol. The number of carbonyl (C=O) groups excluding carboxylic acids is 1. The van der Waals surface area contributed by atoms with E-state index in [0.29, 0.717) is 5.92 Å². The summed E-state index contributed by atoms with van der Waals surface area (Å²) in [6.07, 6.45) is 3.17. The van der Waals surface area contributed by atoms with E-state index < -0.39 is 0 Å². The third kappa shape index (κ3) is 2.00. The third-order valence-corrected chi connectivity index (χ3v) is 3.04. The first-order chi connectivity index (χ1) is 7.72. The van der Waals surface area contributed by atoms with Crippen molar-refractivity contribution in [2.75, 3.05) is 20.2 Å². The summed E-state index contributed by atoms with van der Waals surface area (Å²) >= 11 is 0. The van der Waals surface area contributed by atoms with Gasteiger partial charge in [0, 0.05) is 26.1 Å². The maximum Gasteiger partial charge on any atom is 0.409 e. The third-order valence-electron chi connectivity index (χ3n) is 3.04. The number of rotatable bonds is 1. The van der Waals surface area contributed by atoms with Crippen molar-refractivity contribution in [1.82, 2.24) is 19.7 Å². The van der Waals surface area contributed by atoms with Gasteiger partial charge in [0.15, 0.2) is 0 Å². The van der Waals surface area contributed by atoms with Gasteiger partial charge >= 0.3 is 6.09 Å². The summed E-state index contributed by atoms with van der Waals surface area (Å²) in [5, 5.41) is 4.06. The van der Waals surface area contributed by atoms with E-state index in [2.05, 4.69) is 10.1 Å². The lowest BCUT2D eigenvalue weighted by molar-refractivity contribution is 0.111. The molecule has 0 N–H and O–H groups in total. The fraction of sp³-hybridized carbons (Fsp3) is 0.700. The second-order valence-electron chi connectivity index (χ2n) is 3.97. The van der Waals surface area contributed by atoms with Gasteiger partial charge in [-0.05, 0) is 12.8 Å². The van der Waals surface area contributed by atoms with E-state index in [1.807, 2.05) is 7.05 Å². The summed E-state index contributed by atoms with van der Waals surface area (Å²) in [6, 6.07) is 0. The molecule has 0 saturated carbocycles. The second-order valence-corrected chi connectivity index (χ2v) is 3.97. The normalized spacial score (nSPS) is 17.5. The van der Waals surface area contributed by atoms with Crippen LogP contribution in [0.1, 0.15) is 24.6 Å². The molecule has 6 heteroatoms. The minimum Gasteiger partial charge on any atom is -0.453 e. The van der Waals surface area contributed by atoms with E-state index in [4.69, 9.17) is 4.74 Å². The molecular weight excluding hydrogens is 208 g/mol. The van der Waals surface area contributed by atoms with Crippen molar-refractivity contribution in [3.8, 4) is 0 Å². The Morgan fingerprint density at radius 3 is 2.69 bits per heavy atom. The summed E-state index contributed by atoms with van der Waals surface area (Å²) in [7, 11) is 3.31. The summed E-state index contributed by atoms with van der Waals surface area (Å²) < 4.78 is 6.50. The molecule has 0 radical (unpaired) electrons. The molecule has 0 unspecified atom stereocenters. The number of amides is 1. The first-order valence-corrected chi connectivity index (χ1v) is 5.39. The monoisotopic (exact) mass is 224 g/mol. The molecule has 1 saturated heterocycles. The largest absolute Gasteiger partial charge is 0.453 e. The van der Waals surface area contributed by atoms with Crippen LogP contribution in [0.4, 0.5) is 4.79 Å². The molecule has 1 aliphatic heterocycles. The van der Waals surface area contributed by atoms with Gasteiger partial charge in [0.2, 0.25) is 0 Å². The predicted molar refractivity (Wildman–Crippen MR) is 57.0 cm³/mol. The number of carbonyl (C=O) groups is 1. The van der Waals surface area contributed by atoms with Crippen LogP contribution in [0.15, 0.2) is 6.33 Å². The minimum absolute atomic E-state index is 0.239. The smallest absolute Gasteiger partial charge is 0.409 e. The van der Waals surface area contributed by atoms with Crippen molar-refractivity contribution in [3.63, 3.8) is 0 Å². The number of hydrogen-bond acceptors (Lipinski definition) is 4. The quantitative estimate of drug-likeness (QED) is 0.706. The Balaban J connectivity index is 1.95. The lowest BCUT2D eigenvalue weighted by atomic mass is 9.96. The van der Waals surface area contributed by atoms with Crippen molar-refractivity contribution in [3.05, 3.63) is 12.2 Å². The topological polar surface area (TPSA) is 60.2 Å². The van der Waals surface area contributed by atoms with Crippen LogP contribution in [0.2, 0.25) is 0 Å². The molecule has 1 fully saturated rings. The Labute approximate surface area is 94.2 Å². The first-order valence-electron chi connectivity index (χ1n) is 5.39. The number of aromatic nitrogens is 3. The van der Waals surface area contributed by atoms with E-state index >= 15 is 0 Å². The Morgan fingerprint density at radius 1 is 1.50 bits per heavy atom. The summed E-state index contributed by atoms with van der Waals surface area (Å²) in [6.45, 7) is 1.45. The van der Waals surface area contributed by atoms with Crippen molar-refractivity contribution in [1.29, 1.82) is 0 Å². The molecule has 0 aliphatic carbocycles. The highest BCUT2D eigenvalue weighted by atomic mass is 16.5. The molecular formula is C10H16N4O2. The van der Waals surface area contributed by atoms with Gasteiger partial charge in [0.1, 0.15) is 12.2 Å². The summed E-state index contributed by atoms with van der Waals surface area (Å²) in [4.78, 5) is 17.3. The van der Waals surface area contributed by atoms with Crippen molar-refractivity contribution >= 4 is 6.09 Å². The molecule has 6 nitrogen and oxygen atoms in total. The molecule has 0 bridgehead atoms. The van der Waals surface area contributed by atoms with Gasteiger partial charge < -0.3 is 9.64 Å². The molecule has 1 aromatic heterocycles. The van der Waals surface area contributed by atoms with Crippen LogP contribution in [0.5, 0.6) is 0 Å². The number of ether oxygens (including phenoxy) is 1. The van der Waals surface area contributed by atoms with E-state index in [9.17, 15) is 4.79 Å². The SMILES string of the molecule is COC(=O)N1CCC(c2ncnn2C)CC1. The van der Waals surface area contributed by atoms with Crippen LogP contribution in [0.3, 0.4) is 0 Å². The molecule has 1 aromatic rings. The van der Waals surface area contributed by atoms with Gasteiger partial charge in [-0.3, -0.25) is 4.68 Å². The van der Waals surface area contributed by atoms with Crippen LogP contribution in [0, 0.1) is 0 Å². The molecule has 0 atom stereocenters. The zero-order valence-corrected chi connectivity index (χ0v) is 9.59. The molecule has 2 rings (SSSR count). The number of piperidine rings is 1. The Hall–Kier alpha value is -1.59. The van der Waals surface area contributed by atoms with Crippen molar-refractivity contribution in [2.24, 2.45) is 7.05 Å². The maximum absolute atomic E-state index is 11.3. The fourth-order valence-corrected chi connectivity index (χ4v) is 2.12. The van der Waals surface area contributed by atoms with Gasteiger partial charge in [-0.2, -0.15) is 5.10 Å². The Bertz CT molecular complexity index is 369. The number of likely N-dealkylation sites (tertiary alicyclic amines) is 1. The van der Waals surface area contributed by atoms with Gasteiger partial charge in [-0.15, -0.1) is 0 Å². The summed E-state index contributed by atoms with van der Waals surface area (Å²) in [5.74, 6) is 1.40. The zero-order chi connectivity index (χ0) is 11.5. The lowest BCUT2D eigenvalue weighted by Gasteiger charge is -2.30. The van der Waals surface area contributed by atoms with Crippen LogP contribution < -0.4 is 0 Å². The maximum atomic E-state index is 11.3. The van der Waals surface area contributed by atoms with Crippen LogP contribution in [-0.2, 0) is 11.8 Å². The highest BCUT2D eigenvalue weighted by molar-refractivity contribution is 5.67. The van der Waals surface area contributed by atoms with Gasteiger partial charge in [-0.25, -0.2) is 9.78 Å². The van der Waals surface area contributed by atoms with E-state index in [1.54, 1.807) is 15.9 Å². The first kappa shape index (κ1) is 10.9. The fourth-order valence-electron chi connectivity index (χ4n) is 2.12. The molecule has 1 amide bonds.